The Hall–Kier alpha value is -3.68. The van der Waals surface area contributed by atoms with Crippen molar-refractivity contribution in [3.63, 3.8) is 0 Å². The first-order valence-electron chi connectivity index (χ1n) is 10.9. The lowest BCUT2D eigenvalue weighted by Gasteiger charge is -2.34. The van der Waals surface area contributed by atoms with Crippen molar-refractivity contribution in [2.75, 3.05) is 25.0 Å². The van der Waals surface area contributed by atoms with Gasteiger partial charge in [0.1, 0.15) is 18.2 Å². The van der Waals surface area contributed by atoms with Crippen LogP contribution in [-0.4, -0.2) is 50.7 Å². The number of rotatable bonds is 5. The molecule has 2 aromatic carbocycles. The number of hydrogen-bond donors (Lipinski definition) is 0. The monoisotopic (exact) mass is 430 g/mol. The summed E-state index contributed by atoms with van der Waals surface area (Å²) in [7, 11) is 1.89. The van der Waals surface area contributed by atoms with Crippen molar-refractivity contribution in [3.05, 3.63) is 66.7 Å². The first-order chi connectivity index (χ1) is 15.6. The van der Waals surface area contributed by atoms with Gasteiger partial charge in [-0.05, 0) is 49.6 Å². The minimum Gasteiger partial charge on any atom is -0.423 e. The quantitative estimate of drug-likeness (QED) is 0.479. The molecular weight excluding hydrogens is 404 g/mol. The minimum absolute atomic E-state index is 0.0116. The highest BCUT2D eigenvalue weighted by Crippen LogP contribution is 2.29. The summed E-state index contributed by atoms with van der Waals surface area (Å²) in [5.74, 6) is 0.201. The van der Waals surface area contributed by atoms with E-state index in [9.17, 15) is 4.79 Å². The van der Waals surface area contributed by atoms with Crippen molar-refractivity contribution in [1.29, 1.82) is 0 Å². The number of nitrogens with zero attached hydrogens (tertiary/aromatic N) is 6. The minimum atomic E-state index is -0.0117. The van der Waals surface area contributed by atoms with Gasteiger partial charge in [0.2, 0.25) is 5.91 Å². The number of hydrogen-bond acceptors (Lipinski definition) is 6. The summed E-state index contributed by atoms with van der Waals surface area (Å²) in [4.78, 5) is 25.8. The Morgan fingerprint density at radius 2 is 1.88 bits per heavy atom. The van der Waals surface area contributed by atoms with Crippen molar-refractivity contribution < 1.29 is 9.21 Å². The molecular formula is C24H26N6O2. The molecule has 1 fully saturated rings. The zero-order valence-electron chi connectivity index (χ0n) is 18.3. The summed E-state index contributed by atoms with van der Waals surface area (Å²) in [5, 5.41) is 4.15. The SMILES string of the molecule is C[C@H](c1ccc(-n2cncn2)cc1)N(C)C(=O)C1CCN(c2nc3ccccc3o2)CC1. The number of carbonyl (C=O) groups excluding carboxylic acids is 1. The maximum Gasteiger partial charge on any atom is 0.298 e. The third-order valence-electron chi connectivity index (χ3n) is 6.38. The fourth-order valence-electron chi connectivity index (χ4n) is 4.26. The Labute approximate surface area is 186 Å². The van der Waals surface area contributed by atoms with Crippen LogP contribution in [0.3, 0.4) is 0 Å². The van der Waals surface area contributed by atoms with Crippen molar-refractivity contribution >= 4 is 23.0 Å². The molecule has 0 bridgehead atoms. The molecule has 4 aromatic rings. The molecule has 0 spiro atoms. The van der Waals surface area contributed by atoms with E-state index in [4.69, 9.17) is 4.42 Å². The number of para-hydroxylation sites is 2. The molecule has 2 aromatic heterocycles. The molecule has 1 aliphatic heterocycles. The average molecular weight is 431 g/mol. The zero-order chi connectivity index (χ0) is 22.1. The zero-order valence-corrected chi connectivity index (χ0v) is 18.3. The summed E-state index contributed by atoms with van der Waals surface area (Å²) in [6.07, 6.45) is 4.76. The molecule has 0 aliphatic carbocycles. The Bertz CT molecular complexity index is 1160. The Morgan fingerprint density at radius 3 is 2.56 bits per heavy atom. The number of anilines is 1. The number of amides is 1. The van der Waals surface area contributed by atoms with Gasteiger partial charge in [0.15, 0.2) is 5.58 Å². The van der Waals surface area contributed by atoms with E-state index < -0.39 is 0 Å². The number of piperidine rings is 1. The van der Waals surface area contributed by atoms with Crippen LogP contribution in [0.5, 0.6) is 0 Å². The van der Waals surface area contributed by atoms with Gasteiger partial charge < -0.3 is 14.2 Å². The van der Waals surface area contributed by atoms with Gasteiger partial charge in [-0.15, -0.1) is 0 Å². The molecule has 1 amide bonds. The third kappa shape index (κ3) is 3.84. The maximum atomic E-state index is 13.2. The van der Waals surface area contributed by atoms with Crippen LogP contribution in [0.25, 0.3) is 16.8 Å². The van der Waals surface area contributed by atoms with E-state index in [1.807, 2.05) is 60.5 Å². The first-order valence-corrected chi connectivity index (χ1v) is 10.9. The van der Waals surface area contributed by atoms with Crippen LogP contribution in [-0.2, 0) is 4.79 Å². The number of fused-ring (bicyclic) bond motifs is 1. The second kappa shape index (κ2) is 8.45. The normalized spacial score (nSPS) is 15.8. The highest BCUT2D eigenvalue weighted by Gasteiger charge is 2.30. The summed E-state index contributed by atoms with van der Waals surface area (Å²) in [6, 6.07) is 16.5. The second-order valence-electron chi connectivity index (χ2n) is 8.28. The molecule has 32 heavy (non-hydrogen) atoms. The highest BCUT2D eigenvalue weighted by molar-refractivity contribution is 5.79. The standard InChI is InChI=1S/C24H26N6O2/c1-17(18-7-9-20(10-8-18)30-16-25-15-26-30)28(2)23(31)19-11-13-29(14-12-19)24-27-21-5-3-4-6-22(21)32-24/h3-10,15-17,19H,11-14H2,1-2H3/t17-/m1/s1. The predicted molar refractivity (Wildman–Crippen MR) is 121 cm³/mol. The molecule has 0 unspecified atom stereocenters. The second-order valence-corrected chi connectivity index (χ2v) is 8.28. The highest BCUT2D eigenvalue weighted by atomic mass is 16.4. The Morgan fingerprint density at radius 1 is 1.12 bits per heavy atom. The van der Waals surface area contributed by atoms with E-state index >= 15 is 0 Å². The van der Waals surface area contributed by atoms with Gasteiger partial charge in [0.05, 0.1) is 11.7 Å². The average Bonchev–Trinajstić information content (AvgIpc) is 3.53. The molecule has 0 saturated carbocycles. The number of oxazole rings is 1. The molecule has 1 aliphatic rings. The molecule has 0 N–H and O–H groups in total. The van der Waals surface area contributed by atoms with Gasteiger partial charge >= 0.3 is 0 Å². The molecule has 8 nitrogen and oxygen atoms in total. The van der Waals surface area contributed by atoms with Crippen molar-refractivity contribution in [2.45, 2.75) is 25.8 Å². The first kappa shape index (κ1) is 20.2. The number of carbonyl (C=O) groups is 1. The Balaban J connectivity index is 1.20. The summed E-state index contributed by atoms with van der Waals surface area (Å²) in [6.45, 7) is 3.59. The van der Waals surface area contributed by atoms with Crippen LogP contribution in [0.2, 0.25) is 0 Å². The fraction of sp³-hybridized carbons (Fsp3) is 0.333. The van der Waals surface area contributed by atoms with E-state index in [-0.39, 0.29) is 17.9 Å². The van der Waals surface area contributed by atoms with E-state index in [0.717, 1.165) is 48.3 Å². The molecule has 164 valence electrons. The molecule has 0 radical (unpaired) electrons. The largest absolute Gasteiger partial charge is 0.423 e. The van der Waals surface area contributed by atoms with Crippen LogP contribution in [0, 0.1) is 5.92 Å². The summed E-state index contributed by atoms with van der Waals surface area (Å²) in [5.41, 5.74) is 3.70. The smallest absolute Gasteiger partial charge is 0.298 e. The van der Waals surface area contributed by atoms with Gasteiger partial charge in [-0.1, -0.05) is 24.3 Å². The van der Waals surface area contributed by atoms with E-state index in [1.54, 1.807) is 11.0 Å². The van der Waals surface area contributed by atoms with Gasteiger partial charge in [-0.2, -0.15) is 10.1 Å². The topological polar surface area (TPSA) is 80.3 Å². The third-order valence-corrected chi connectivity index (χ3v) is 6.38. The lowest BCUT2D eigenvalue weighted by Crippen LogP contribution is -2.42. The van der Waals surface area contributed by atoms with Crippen LogP contribution in [0.15, 0.2) is 65.6 Å². The van der Waals surface area contributed by atoms with Crippen LogP contribution < -0.4 is 4.90 Å². The number of benzene rings is 2. The van der Waals surface area contributed by atoms with Crippen LogP contribution in [0.1, 0.15) is 31.4 Å². The lowest BCUT2D eigenvalue weighted by molar-refractivity contribution is -0.136. The maximum absolute atomic E-state index is 13.2. The fourth-order valence-corrected chi connectivity index (χ4v) is 4.26. The van der Waals surface area contributed by atoms with E-state index in [0.29, 0.717) is 6.01 Å². The summed E-state index contributed by atoms with van der Waals surface area (Å²) < 4.78 is 7.61. The molecule has 1 saturated heterocycles. The van der Waals surface area contributed by atoms with Crippen LogP contribution >= 0.6 is 0 Å². The Kier molecular flexibility index (Phi) is 5.34. The van der Waals surface area contributed by atoms with Gasteiger partial charge in [-0.25, -0.2) is 9.67 Å². The lowest BCUT2D eigenvalue weighted by atomic mass is 9.94. The van der Waals surface area contributed by atoms with Crippen molar-refractivity contribution in [2.24, 2.45) is 5.92 Å². The molecule has 1 atom stereocenters. The molecule has 5 rings (SSSR count). The van der Waals surface area contributed by atoms with Gasteiger partial charge in [0.25, 0.3) is 6.01 Å². The molecule has 3 heterocycles. The number of aromatic nitrogens is 4. The van der Waals surface area contributed by atoms with E-state index in [1.165, 1.54) is 6.33 Å². The van der Waals surface area contributed by atoms with Crippen molar-refractivity contribution in [3.8, 4) is 5.69 Å². The predicted octanol–water partition coefficient (Wildman–Crippen LogP) is 3.84. The van der Waals surface area contributed by atoms with E-state index in [2.05, 4.69) is 26.9 Å². The van der Waals surface area contributed by atoms with Crippen LogP contribution in [0.4, 0.5) is 6.01 Å². The summed E-state index contributed by atoms with van der Waals surface area (Å²) >= 11 is 0. The van der Waals surface area contributed by atoms with Gasteiger partial charge in [0, 0.05) is 26.1 Å². The van der Waals surface area contributed by atoms with Crippen molar-refractivity contribution in [1.82, 2.24) is 24.6 Å². The molecule has 8 heteroatoms. The van der Waals surface area contributed by atoms with Gasteiger partial charge in [-0.3, -0.25) is 4.79 Å².